The Bertz CT molecular complexity index is 644. The van der Waals surface area contributed by atoms with Crippen LogP contribution in [0.3, 0.4) is 0 Å². The summed E-state index contributed by atoms with van der Waals surface area (Å²) in [6.45, 7) is 6.56. The fourth-order valence-electron chi connectivity index (χ4n) is 2.43. The lowest BCUT2D eigenvalue weighted by Crippen LogP contribution is -2.50. The zero-order valence-electron chi connectivity index (χ0n) is 12.3. The van der Waals surface area contributed by atoms with Gasteiger partial charge in [0.1, 0.15) is 0 Å². The number of hydrogen-bond acceptors (Lipinski definition) is 3. The van der Waals surface area contributed by atoms with Crippen molar-refractivity contribution >= 4 is 33.2 Å². The van der Waals surface area contributed by atoms with E-state index in [1.54, 1.807) is 13.0 Å². The van der Waals surface area contributed by atoms with E-state index in [1.165, 1.54) is 10.4 Å². The van der Waals surface area contributed by atoms with Crippen molar-refractivity contribution in [1.29, 1.82) is 0 Å². The normalized spacial score (nSPS) is 19.7. The largest absolute Gasteiger partial charge is 0.373 e. The van der Waals surface area contributed by atoms with Gasteiger partial charge in [-0.05, 0) is 44.0 Å². The summed E-state index contributed by atoms with van der Waals surface area (Å²) < 4.78 is 32.8. The summed E-state index contributed by atoms with van der Waals surface area (Å²) >= 11 is 11.9. The van der Waals surface area contributed by atoms with E-state index in [2.05, 4.69) is 0 Å². The topological polar surface area (TPSA) is 46.6 Å². The lowest BCUT2D eigenvalue weighted by molar-refractivity contribution is -0.0640. The van der Waals surface area contributed by atoms with E-state index in [1.807, 2.05) is 13.8 Å². The summed E-state index contributed by atoms with van der Waals surface area (Å²) in [7, 11) is -3.61. The highest BCUT2D eigenvalue weighted by atomic mass is 35.5. The maximum atomic E-state index is 12.9. The smallest absolute Gasteiger partial charge is 0.243 e. The Morgan fingerprint density at radius 1 is 1.38 bits per heavy atom. The highest BCUT2D eigenvalue weighted by molar-refractivity contribution is 7.89. The number of sulfonamides is 1. The zero-order valence-corrected chi connectivity index (χ0v) is 14.6. The molecule has 0 bridgehead atoms. The van der Waals surface area contributed by atoms with Crippen LogP contribution in [0.2, 0.25) is 5.02 Å². The molecule has 2 rings (SSSR count). The quantitative estimate of drug-likeness (QED) is 0.785. The summed E-state index contributed by atoms with van der Waals surface area (Å²) in [5.74, 6) is 0.226. The number of hydrogen-bond donors (Lipinski definition) is 0. The van der Waals surface area contributed by atoms with Gasteiger partial charge in [-0.15, -0.1) is 11.6 Å². The van der Waals surface area contributed by atoms with Gasteiger partial charge in [-0.3, -0.25) is 0 Å². The second-order valence-electron chi connectivity index (χ2n) is 5.77. The van der Waals surface area contributed by atoms with Gasteiger partial charge in [0.15, 0.2) is 0 Å². The maximum absolute atomic E-state index is 12.9. The van der Waals surface area contributed by atoms with Crippen molar-refractivity contribution in [3.8, 4) is 0 Å². The SMILES string of the molecule is Cc1c(CCl)cc(Cl)cc1S(=O)(=O)N1CCOC(C)(C)C1. The molecule has 0 atom stereocenters. The third-order valence-electron chi connectivity index (χ3n) is 3.58. The minimum Gasteiger partial charge on any atom is -0.373 e. The third-order valence-corrected chi connectivity index (χ3v) is 6.06. The summed E-state index contributed by atoms with van der Waals surface area (Å²) in [4.78, 5) is 0.225. The van der Waals surface area contributed by atoms with Crippen LogP contribution in [0.4, 0.5) is 0 Å². The number of halogens is 2. The molecule has 0 aliphatic carbocycles. The van der Waals surface area contributed by atoms with Crippen molar-refractivity contribution in [3.05, 3.63) is 28.3 Å². The number of nitrogens with zero attached hydrogens (tertiary/aromatic N) is 1. The average molecular weight is 352 g/mol. The van der Waals surface area contributed by atoms with Gasteiger partial charge in [-0.2, -0.15) is 4.31 Å². The van der Waals surface area contributed by atoms with Gasteiger partial charge in [0.25, 0.3) is 0 Å². The second-order valence-corrected chi connectivity index (χ2v) is 8.38. The fraction of sp³-hybridized carbons (Fsp3) is 0.571. The monoisotopic (exact) mass is 351 g/mol. The van der Waals surface area contributed by atoms with Crippen molar-refractivity contribution in [3.63, 3.8) is 0 Å². The molecule has 0 saturated carbocycles. The summed E-state index contributed by atoms with van der Waals surface area (Å²) in [5.41, 5.74) is 0.890. The standard InChI is InChI=1S/C14H19Cl2NO3S/c1-10-11(8-15)6-12(16)7-13(10)21(18,19)17-4-5-20-14(2,3)9-17/h6-7H,4-5,8-9H2,1-3H3. The first-order valence-corrected chi connectivity index (χ1v) is 9.02. The fourth-order valence-corrected chi connectivity index (χ4v) is 4.88. The molecule has 118 valence electrons. The Morgan fingerprint density at radius 3 is 2.62 bits per heavy atom. The molecule has 1 aliphatic heterocycles. The number of morpholine rings is 1. The first-order chi connectivity index (χ1) is 9.67. The number of rotatable bonds is 3. The minimum atomic E-state index is -3.61. The highest BCUT2D eigenvalue weighted by Crippen LogP contribution is 2.30. The van der Waals surface area contributed by atoms with E-state index in [4.69, 9.17) is 27.9 Å². The van der Waals surface area contributed by atoms with Crippen molar-refractivity contribution < 1.29 is 13.2 Å². The first kappa shape index (κ1) is 17.0. The first-order valence-electron chi connectivity index (χ1n) is 6.66. The van der Waals surface area contributed by atoms with Crippen LogP contribution in [0.5, 0.6) is 0 Å². The van der Waals surface area contributed by atoms with E-state index in [0.717, 1.165) is 5.56 Å². The summed E-state index contributed by atoms with van der Waals surface area (Å²) in [6, 6.07) is 3.19. The minimum absolute atomic E-state index is 0.225. The number of ether oxygens (including phenoxy) is 1. The Hall–Kier alpha value is -0.330. The molecule has 1 aliphatic rings. The molecule has 1 fully saturated rings. The third kappa shape index (κ3) is 3.54. The van der Waals surface area contributed by atoms with Gasteiger partial charge < -0.3 is 4.74 Å². The maximum Gasteiger partial charge on any atom is 0.243 e. The van der Waals surface area contributed by atoms with Crippen LogP contribution in [0.1, 0.15) is 25.0 Å². The van der Waals surface area contributed by atoms with E-state index in [-0.39, 0.29) is 10.8 Å². The number of alkyl halides is 1. The molecule has 0 radical (unpaired) electrons. The Kier molecular flexibility index (Phi) is 4.90. The van der Waals surface area contributed by atoms with E-state index in [9.17, 15) is 8.42 Å². The molecule has 1 aromatic carbocycles. The van der Waals surface area contributed by atoms with Crippen molar-refractivity contribution in [1.82, 2.24) is 4.31 Å². The summed E-state index contributed by atoms with van der Waals surface area (Å²) in [5, 5.41) is 0.377. The zero-order chi connectivity index (χ0) is 15.8. The Balaban J connectivity index is 2.47. The predicted octanol–water partition coefficient (Wildman–Crippen LogP) is 3.19. The van der Waals surface area contributed by atoms with Crippen LogP contribution in [0.15, 0.2) is 17.0 Å². The molecule has 1 aromatic rings. The second kappa shape index (κ2) is 6.05. The molecule has 0 amide bonds. The van der Waals surface area contributed by atoms with Gasteiger partial charge in [0.05, 0.1) is 17.1 Å². The van der Waals surface area contributed by atoms with Gasteiger partial charge in [0, 0.05) is 24.0 Å². The van der Waals surface area contributed by atoms with Crippen LogP contribution in [0, 0.1) is 6.92 Å². The van der Waals surface area contributed by atoms with Crippen molar-refractivity contribution in [2.24, 2.45) is 0 Å². The lowest BCUT2D eigenvalue weighted by atomic mass is 10.1. The molecule has 1 saturated heterocycles. The van der Waals surface area contributed by atoms with Crippen molar-refractivity contribution in [2.45, 2.75) is 37.1 Å². The Morgan fingerprint density at radius 2 is 2.05 bits per heavy atom. The molecule has 0 spiro atoms. The number of benzene rings is 1. The van der Waals surface area contributed by atoms with Crippen LogP contribution in [-0.4, -0.2) is 38.0 Å². The van der Waals surface area contributed by atoms with E-state index < -0.39 is 15.6 Å². The molecular formula is C14H19Cl2NO3S. The molecule has 0 N–H and O–H groups in total. The molecular weight excluding hydrogens is 333 g/mol. The van der Waals surface area contributed by atoms with Crippen LogP contribution < -0.4 is 0 Å². The van der Waals surface area contributed by atoms with Crippen LogP contribution in [0.25, 0.3) is 0 Å². The Labute approximate surface area is 136 Å². The van der Waals surface area contributed by atoms with Crippen molar-refractivity contribution in [2.75, 3.05) is 19.7 Å². The van der Waals surface area contributed by atoms with E-state index in [0.29, 0.717) is 30.3 Å². The molecule has 0 unspecified atom stereocenters. The molecule has 0 aromatic heterocycles. The van der Waals surface area contributed by atoms with Gasteiger partial charge >= 0.3 is 0 Å². The van der Waals surface area contributed by atoms with Crippen LogP contribution in [-0.2, 0) is 20.6 Å². The summed E-state index contributed by atoms with van der Waals surface area (Å²) in [6.07, 6.45) is 0. The molecule has 21 heavy (non-hydrogen) atoms. The van der Waals surface area contributed by atoms with Crippen LogP contribution >= 0.6 is 23.2 Å². The molecule has 1 heterocycles. The molecule has 4 nitrogen and oxygen atoms in total. The van der Waals surface area contributed by atoms with Gasteiger partial charge in [0.2, 0.25) is 10.0 Å². The highest BCUT2D eigenvalue weighted by Gasteiger charge is 2.35. The molecule has 7 heteroatoms. The van der Waals surface area contributed by atoms with E-state index >= 15 is 0 Å². The average Bonchev–Trinajstić information content (AvgIpc) is 2.39. The predicted molar refractivity (Wildman–Crippen MR) is 84.5 cm³/mol. The van der Waals surface area contributed by atoms with Gasteiger partial charge in [-0.1, -0.05) is 11.6 Å². The lowest BCUT2D eigenvalue weighted by Gasteiger charge is -2.37. The van der Waals surface area contributed by atoms with Gasteiger partial charge in [-0.25, -0.2) is 8.42 Å².